The van der Waals surface area contributed by atoms with Gasteiger partial charge in [0.2, 0.25) is 0 Å². The Hall–Kier alpha value is 0.220. The molecule has 96 valence electrons. The van der Waals surface area contributed by atoms with Gasteiger partial charge in [-0.25, -0.2) is 0 Å². The van der Waals surface area contributed by atoms with Crippen molar-refractivity contribution in [2.75, 3.05) is 0 Å². The summed E-state index contributed by atoms with van der Waals surface area (Å²) < 4.78 is 65.9. The van der Waals surface area contributed by atoms with Crippen molar-refractivity contribution in [2.24, 2.45) is 0 Å². The maximum absolute atomic E-state index is 11.2. The minimum atomic E-state index is -4.50. The quantitative estimate of drug-likeness (QED) is 0.497. The minimum absolute atomic E-state index is 0.198. The molecule has 0 aromatic rings. The van der Waals surface area contributed by atoms with Gasteiger partial charge < -0.3 is 0 Å². The highest BCUT2D eigenvalue weighted by Crippen LogP contribution is 2.28. The maximum atomic E-state index is 11.2. The van der Waals surface area contributed by atoms with Gasteiger partial charge in [-0.05, 0) is 0 Å². The Balaban J connectivity index is 0. The second-order valence-corrected chi connectivity index (χ2v) is 3.56. The van der Waals surface area contributed by atoms with Crippen LogP contribution in [0.15, 0.2) is 21.1 Å². The molecule has 0 nitrogen and oxygen atoms in total. The highest BCUT2D eigenvalue weighted by Gasteiger charge is 2.31. The van der Waals surface area contributed by atoms with Crippen molar-refractivity contribution < 1.29 is 26.3 Å². The molecule has 0 N–H and O–H groups in total. The first-order chi connectivity index (χ1) is 6.90. The van der Waals surface area contributed by atoms with Crippen molar-refractivity contribution in [1.29, 1.82) is 0 Å². The van der Waals surface area contributed by atoms with Gasteiger partial charge in [-0.1, -0.05) is 46.4 Å². The molecule has 0 spiro atoms. The average molecular weight is 330 g/mol. The number of alkyl halides is 6. The topological polar surface area (TPSA) is 0 Å². The summed E-state index contributed by atoms with van der Waals surface area (Å²) in [4.78, 5) is 0. The monoisotopic (exact) mass is 328 g/mol. The zero-order valence-corrected chi connectivity index (χ0v) is 9.96. The molecular weight excluding hydrogens is 328 g/mol. The first-order valence-corrected chi connectivity index (χ1v) is 4.61. The molecule has 0 unspecified atom stereocenters. The Kier molecular flexibility index (Phi) is 8.74. The van der Waals surface area contributed by atoms with Gasteiger partial charge in [0.15, 0.2) is 0 Å². The first-order valence-electron chi connectivity index (χ1n) is 3.04. The Morgan fingerprint density at radius 2 is 1.25 bits per heavy atom. The van der Waals surface area contributed by atoms with Gasteiger partial charge in [0.1, 0.15) is 9.52 Å². The maximum Gasteiger partial charge on any atom is 0.427 e. The van der Waals surface area contributed by atoms with E-state index in [4.69, 9.17) is 0 Å². The summed E-state index contributed by atoms with van der Waals surface area (Å²) in [5.41, 5.74) is 0.279. The predicted molar refractivity (Wildman–Crippen MR) is 51.7 cm³/mol. The van der Waals surface area contributed by atoms with Crippen molar-refractivity contribution in [2.45, 2.75) is 12.4 Å². The lowest BCUT2D eigenvalue weighted by Gasteiger charge is -1.99. The second-order valence-electron chi connectivity index (χ2n) is 1.93. The summed E-state index contributed by atoms with van der Waals surface area (Å²) in [6.45, 7) is 0. The molecule has 0 heterocycles. The van der Waals surface area contributed by atoms with E-state index in [0.717, 1.165) is 0 Å². The molecule has 0 saturated carbocycles. The van der Waals surface area contributed by atoms with Crippen LogP contribution in [-0.4, -0.2) is 12.4 Å². The van der Waals surface area contributed by atoms with Crippen LogP contribution in [0.5, 0.6) is 0 Å². The van der Waals surface area contributed by atoms with Crippen LogP contribution < -0.4 is 0 Å². The van der Waals surface area contributed by atoms with Crippen molar-refractivity contribution in [3.63, 3.8) is 0 Å². The van der Waals surface area contributed by atoms with Gasteiger partial charge in [0.05, 0.1) is 0 Å². The van der Waals surface area contributed by atoms with Crippen LogP contribution in [-0.2, 0) is 0 Å². The fourth-order valence-electron chi connectivity index (χ4n) is 0.186. The summed E-state index contributed by atoms with van der Waals surface area (Å²) in [6.07, 6.45) is -9.10. The third-order valence-electron chi connectivity index (χ3n) is 0.639. The number of rotatable bonds is 0. The largest absolute Gasteiger partial charge is 0.427 e. The molecule has 0 fully saturated rings. The fourth-order valence-corrected chi connectivity index (χ4v) is 0.557. The van der Waals surface area contributed by atoms with Gasteiger partial charge >= 0.3 is 12.4 Å². The molecule has 0 aliphatic carbocycles. The molecule has 0 aliphatic heterocycles. The molecule has 0 bridgehead atoms. The Morgan fingerprint density at radius 3 is 1.25 bits per heavy atom. The molecule has 0 atom stereocenters. The van der Waals surface area contributed by atoms with Crippen LogP contribution in [0.1, 0.15) is 0 Å². The highest BCUT2D eigenvalue weighted by atomic mass is 35.5. The average Bonchev–Trinajstić information content (AvgIpc) is 1.97. The van der Waals surface area contributed by atoms with Crippen LogP contribution in [0.25, 0.3) is 0 Å². The molecule has 0 saturated heterocycles. The van der Waals surface area contributed by atoms with Crippen molar-refractivity contribution >= 4 is 46.4 Å². The number of halogens is 10. The van der Waals surface area contributed by atoms with E-state index in [9.17, 15) is 26.3 Å². The van der Waals surface area contributed by atoms with E-state index in [1.807, 2.05) is 0 Å². The van der Waals surface area contributed by atoms with E-state index >= 15 is 0 Å². The molecule has 0 rings (SSSR count). The first kappa shape index (κ1) is 18.6. The summed E-state index contributed by atoms with van der Waals surface area (Å²) >= 11 is 18.5. The van der Waals surface area contributed by atoms with Crippen LogP contribution >= 0.6 is 46.4 Å². The van der Waals surface area contributed by atoms with Gasteiger partial charge in [0, 0.05) is 11.6 Å². The molecule has 16 heavy (non-hydrogen) atoms. The second kappa shape index (κ2) is 7.53. The van der Waals surface area contributed by atoms with Gasteiger partial charge in [-0.2, -0.15) is 26.3 Å². The molecular formula is C6H2Cl4F6. The normalized spacial score (nSPS) is 12.8. The molecule has 0 aromatic carbocycles. The Morgan fingerprint density at radius 1 is 0.875 bits per heavy atom. The Labute approximate surface area is 106 Å². The third kappa shape index (κ3) is 14.2. The van der Waals surface area contributed by atoms with Gasteiger partial charge in [0.25, 0.3) is 0 Å². The zero-order valence-electron chi connectivity index (χ0n) is 6.93. The third-order valence-corrected chi connectivity index (χ3v) is 1.51. The van der Waals surface area contributed by atoms with Crippen LogP contribution in [0.4, 0.5) is 26.3 Å². The highest BCUT2D eigenvalue weighted by molar-refractivity contribution is 6.55. The van der Waals surface area contributed by atoms with Crippen molar-refractivity contribution in [1.82, 2.24) is 0 Å². The van der Waals surface area contributed by atoms with E-state index < -0.39 is 21.9 Å². The van der Waals surface area contributed by atoms with E-state index in [0.29, 0.717) is 0 Å². The predicted octanol–water partition coefficient (Wildman–Crippen LogP) is 5.74. The van der Waals surface area contributed by atoms with E-state index in [-0.39, 0.29) is 11.6 Å². The number of hydrogen-bond acceptors (Lipinski definition) is 0. The van der Waals surface area contributed by atoms with E-state index in [1.54, 1.807) is 0 Å². The minimum Gasteiger partial charge on any atom is -0.167 e. The SMILES string of the molecule is FC(F)(F)C(Cl)=CCl.FC(F)(F)C=C(Cl)Cl. The lowest BCUT2D eigenvalue weighted by atomic mass is 10.6. The molecule has 0 amide bonds. The van der Waals surface area contributed by atoms with Crippen LogP contribution in [0.2, 0.25) is 0 Å². The van der Waals surface area contributed by atoms with Crippen molar-refractivity contribution in [3.8, 4) is 0 Å². The standard InChI is InChI=1S/2C3HCl2F3/c4-1-2(5)3(6,7)8;4-2(5)1-3(6,7)8/h2*1H. The lowest BCUT2D eigenvalue weighted by molar-refractivity contribution is -0.0845. The van der Waals surface area contributed by atoms with Crippen LogP contribution in [0, 0.1) is 0 Å². The zero-order chi connectivity index (χ0) is 13.6. The molecule has 0 aliphatic rings. The number of hydrogen-bond donors (Lipinski definition) is 0. The summed E-state index contributed by atoms with van der Waals surface area (Å²) in [5, 5.41) is -1.31. The lowest BCUT2D eigenvalue weighted by Crippen LogP contribution is -2.05. The molecule has 10 heteroatoms. The van der Waals surface area contributed by atoms with Crippen molar-refractivity contribution in [3.05, 3.63) is 21.1 Å². The van der Waals surface area contributed by atoms with Gasteiger partial charge in [-0.15, -0.1) is 0 Å². The molecule has 0 radical (unpaired) electrons. The summed E-state index contributed by atoms with van der Waals surface area (Å²) in [6, 6.07) is 0. The Bertz CT molecular complexity index is 259. The summed E-state index contributed by atoms with van der Waals surface area (Å²) in [5.74, 6) is 0. The smallest absolute Gasteiger partial charge is 0.167 e. The van der Waals surface area contributed by atoms with E-state index in [2.05, 4.69) is 46.4 Å². The van der Waals surface area contributed by atoms with Gasteiger partial charge in [-0.3, -0.25) is 0 Å². The number of allylic oxidation sites excluding steroid dienone is 2. The summed E-state index contributed by atoms with van der Waals surface area (Å²) in [7, 11) is 0. The molecule has 0 aromatic heterocycles. The van der Waals surface area contributed by atoms with Crippen LogP contribution in [0.3, 0.4) is 0 Å². The fraction of sp³-hybridized carbons (Fsp3) is 0.333. The van der Waals surface area contributed by atoms with E-state index in [1.165, 1.54) is 0 Å².